The molecule has 1 saturated heterocycles. The zero-order chi connectivity index (χ0) is 46.7. The largest absolute Gasteiger partial charge is 0.514 e. The van der Waals surface area contributed by atoms with Crippen molar-refractivity contribution in [3.63, 3.8) is 0 Å². The summed E-state index contributed by atoms with van der Waals surface area (Å²) in [7, 11) is 1.51. The number of carbonyl (C=O) groups is 5. The molecule has 0 spiro atoms. The van der Waals surface area contributed by atoms with Crippen LogP contribution in [0.15, 0.2) is 58.1 Å². The molecule has 6 rings (SSSR count). The average molecular weight is 955 g/mol. The predicted octanol–water partition coefficient (Wildman–Crippen LogP) is 6.00. The highest BCUT2D eigenvalue weighted by Gasteiger charge is 2.65. The number of thioether (sulfide) groups is 1. The second-order valence-electron chi connectivity index (χ2n) is 15.8. The van der Waals surface area contributed by atoms with Crippen LogP contribution in [0, 0.1) is 0 Å². The molecule has 4 heterocycles. The van der Waals surface area contributed by atoms with Crippen LogP contribution in [0.3, 0.4) is 0 Å². The van der Waals surface area contributed by atoms with Crippen LogP contribution in [0.2, 0.25) is 0 Å². The van der Waals surface area contributed by atoms with E-state index in [0.717, 1.165) is 28.4 Å². The molecule has 0 aliphatic carbocycles. The number of rotatable bonds is 13. The van der Waals surface area contributed by atoms with Crippen molar-refractivity contribution in [3.8, 4) is 17.2 Å². The average Bonchev–Trinajstić information content (AvgIpc) is 3.64. The number of esters is 1. The van der Waals surface area contributed by atoms with E-state index in [4.69, 9.17) is 51.2 Å². The Balaban J connectivity index is 1.46. The number of hydrogen-bond donors (Lipinski definition) is 2. The first-order chi connectivity index (χ1) is 30.2. The van der Waals surface area contributed by atoms with Crippen molar-refractivity contribution in [1.29, 1.82) is 0 Å². The van der Waals surface area contributed by atoms with Gasteiger partial charge in [0, 0.05) is 56.4 Å². The number of anilines is 1. The summed E-state index contributed by atoms with van der Waals surface area (Å²) >= 11 is 7.90. The number of methoxy groups -OCH3 is 1. The number of amides is 2. The molecule has 0 bridgehead atoms. The van der Waals surface area contributed by atoms with Gasteiger partial charge in [-0.1, -0.05) is 17.3 Å². The Kier molecular flexibility index (Phi) is 14.0. The van der Waals surface area contributed by atoms with Crippen LogP contribution in [-0.2, 0) is 39.9 Å². The minimum absolute atomic E-state index is 0.00313. The highest BCUT2D eigenvalue weighted by atomic mass is 32.2. The standard InChI is InChI=1S/C41H42N6O13S4/c1-9-56-45-29(31-43-36(42)64-46-31)32(49)44-41(17-20-10-12-21(54-8)13-11-20)34(51)47-30(33(50)55-19-61)23(18-62-35(41)47)27-15-24(48)22-14-25(57-37(52)59-39(2,3)4)26(16-28(22)63-27)58-38(53)60-40(5,6)7/h10-16,19,35H,9,17-18H2,1-8H3,(H,44,49)(H2,42,43,46)/b45-29-/t35-,41?/m0/s1. The van der Waals surface area contributed by atoms with E-state index < -0.39 is 57.6 Å². The van der Waals surface area contributed by atoms with Gasteiger partial charge in [0.25, 0.3) is 11.8 Å². The van der Waals surface area contributed by atoms with E-state index in [1.54, 1.807) is 72.7 Å². The van der Waals surface area contributed by atoms with Gasteiger partial charge in [-0.3, -0.25) is 19.3 Å². The van der Waals surface area contributed by atoms with Crippen molar-refractivity contribution in [1.82, 2.24) is 19.6 Å². The Hall–Kier alpha value is -6.17. The van der Waals surface area contributed by atoms with E-state index >= 15 is 0 Å². The zero-order valence-corrected chi connectivity index (χ0v) is 38.9. The minimum atomic E-state index is -1.71. The van der Waals surface area contributed by atoms with Crippen molar-refractivity contribution in [2.24, 2.45) is 5.16 Å². The number of fused-ring (bicyclic) bond motifs is 2. The summed E-state index contributed by atoms with van der Waals surface area (Å²) in [6, 6.07) is 10.6. The van der Waals surface area contributed by atoms with Crippen molar-refractivity contribution < 1.29 is 57.2 Å². The maximum absolute atomic E-state index is 14.9. The third kappa shape index (κ3) is 10.4. The smallest absolute Gasteiger partial charge is 0.497 e. The maximum atomic E-state index is 14.9. The number of oxime groups is 1. The Labute approximate surface area is 383 Å². The number of carbonyl (C=O) groups excluding carboxylic acids is 5. The molecule has 19 nitrogen and oxygen atoms in total. The molecule has 1 fully saturated rings. The van der Waals surface area contributed by atoms with E-state index in [2.05, 4.69) is 19.8 Å². The first-order valence-electron chi connectivity index (χ1n) is 19.2. The SMILES string of the molecule is CCO/N=C(\C(=O)NC1(Cc2ccc(OC)cc2)C(=O)N2C(C(=O)OC=S)=C(c3cc(=O)c4cc(OC(=O)OC(C)(C)C)c(OC(=O)OC(C)(C)C)cc4s3)CS[C@H]21)c1nsc(N)n1. The van der Waals surface area contributed by atoms with Gasteiger partial charge in [-0.25, -0.2) is 14.4 Å². The van der Waals surface area contributed by atoms with Crippen LogP contribution in [-0.4, -0.2) is 97.2 Å². The van der Waals surface area contributed by atoms with Crippen molar-refractivity contribution >= 4 is 109 Å². The van der Waals surface area contributed by atoms with Gasteiger partial charge < -0.3 is 44.3 Å². The van der Waals surface area contributed by atoms with Crippen molar-refractivity contribution in [3.05, 3.63) is 74.6 Å². The first-order valence-corrected chi connectivity index (χ1v) is 22.3. The molecular weight excluding hydrogens is 913 g/mol. The molecule has 2 atom stereocenters. The molecule has 0 radical (unpaired) electrons. The predicted molar refractivity (Wildman–Crippen MR) is 242 cm³/mol. The van der Waals surface area contributed by atoms with E-state index in [1.165, 1.54) is 42.0 Å². The molecule has 2 aromatic heterocycles. The molecule has 3 N–H and O–H groups in total. The zero-order valence-electron chi connectivity index (χ0n) is 35.6. The van der Waals surface area contributed by atoms with Crippen molar-refractivity contribution in [2.75, 3.05) is 25.2 Å². The fourth-order valence-corrected chi connectivity index (χ4v) is 9.63. The van der Waals surface area contributed by atoms with E-state index in [0.29, 0.717) is 11.3 Å². The Morgan fingerprint density at radius 3 is 2.20 bits per heavy atom. The number of hydrogen-bond acceptors (Lipinski definition) is 21. The van der Waals surface area contributed by atoms with Gasteiger partial charge in [0.1, 0.15) is 34.6 Å². The topological polar surface area (TPSA) is 246 Å². The van der Waals surface area contributed by atoms with Crippen LogP contribution in [0.5, 0.6) is 17.2 Å². The summed E-state index contributed by atoms with van der Waals surface area (Å²) in [5.41, 5.74) is 2.62. The van der Waals surface area contributed by atoms with Gasteiger partial charge in [-0.05, 0) is 84.4 Å². The number of nitrogens with one attached hydrogen (secondary N) is 1. The number of thiocarbonyl (C=S) groups is 1. The van der Waals surface area contributed by atoms with Gasteiger partial charge >= 0.3 is 18.3 Å². The quantitative estimate of drug-likeness (QED) is 0.0297. The number of nitrogens with two attached hydrogens (primary N) is 1. The lowest BCUT2D eigenvalue weighted by atomic mass is 9.80. The lowest BCUT2D eigenvalue weighted by molar-refractivity contribution is -0.157. The third-order valence-corrected chi connectivity index (χ3v) is 12.1. The second kappa shape index (κ2) is 18.9. The Morgan fingerprint density at radius 1 is 1.00 bits per heavy atom. The highest BCUT2D eigenvalue weighted by molar-refractivity contribution is 8.00. The summed E-state index contributed by atoms with van der Waals surface area (Å²) < 4.78 is 36.4. The Bertz CT molecular complexity index is 2650. The van der Waals surface area contributed by atoms with E-state index in [-0.39, 0.29) is 73.2 Å². The van der Waals surface area contributed by atoms with Crippen LogP contribution >= 0.6 is 46.8 Å². The molecule has 2 aromatic carbocycles. The van der Waals surface area contributed by atoms with Gasteiger partial charge in [0.05, 0.1) is 7.11 Å². The van der Waals surface area contributed by atoms with Crippen LogP contribution in [0.4, 0.5) is 14.7 Å². The fraction of sp³-hybridized carbons (Fsp3) is 0.366. The molecule has 2 aliphatic rings. The lowest BCUT2D eigenvalue weighted by Crippen LogP contribution is -2.81. The van der Waals surface area contributed by atoms with Crippen LogP contribution < -0.4 is 30.7 Å². The maximum Gasteiger partial charge on any atom is 0.514 e. The number of aromatic nitrogens is 2. The number of benzene rings is 2. The molecule has 0 saturated carbocycles. The third-order valence-electron chi connectivity index (χ3n) is 8.91. The molecule has 23 heteroatoms. The minimum Gasteiger partial charge on any atom is -0.497 e. The van der Waals surface area contributed by atoms with E-state index in [9.17, 15) is 28.8 Å². The second-order valence-corrected chi connectivity index (χ2v) is 19.0. The first kappa shape index (κ1) is 47.3. The fourth-order valence-electron chi connectivity index (χ4n) is 6.39. The summed E-state index contributed by atoms with van der Waals surface area (Å²) in [4.78, 5) is 93.3. The number of ether oxygens (including phenoxy) is 6. The monoisotopic (exact) mass is 954 g/mol. The van der Waals surface area contributed by atoms with Gasteiger partial charge in [0.2, 0.25) is 11.5 Å². The summed E-state index contributed by atoms with van der Waals surface area (Å²) in [6.45, 7) is 11.5. The van der Waals surface area contributed by atoms with Crippen molar-refractivity contribution in [2.45, 2.75) is 77.0 Å². The molecular formula is C41H42N6O13S4. The number of nitrogen functional groups attached to an aromatic ring is 1. The summed E-state index contributed by atoms with van der Waals surface area (Å²) in [5, 5.41) is 5.97. The van der Waals surface area contributed by atoms with Crippen LogP contribution in [0.25, 0.3) is 15.7 Å². The van der Waals surface area contributed by atoms with Gasteiger partial charge in [-0.15, -0.1) is 23.1 Å². The molecule has 338 valence electrons. The van der Waals surface area contributed by atoms with Gasteiger partial charge in [0.15, 0.2) is 33.2 Å². The summed E-state index contributed by atoms with van der Waals surface area (Å²) in [6.07, 6.45) is -2.32. The summed E-state index contributed by atoms with van der Waals surface area (Å²) in [5.74, 6) is -2.76. The lowest BCUT2D eigenvalue weighted by Gasteiger charge is -2.57. The highest BCUT2D eigenvalue weighted by Crippen LogP contribution is 2.50. The normalized spacial score (nSPS) is 17.4. The molecule has 2 aliphatic heterocycles. The molecule has 4 aromatic rings. The van der Waals surface area contributed by atoms with Crippen LogP contribution in [0.1, 0.15) is 64.7 Å². The number of nitrogens with zero attached hydrogens (tertiary/aromatic N) is 4. The Morgan fingerprint density at radius 2 is 1.64 bits per heavy atom. The van der Waals surface area contributed by atoms with Gasteiger partial charge in [-0.2, -0.15) is 9.36 Å². The molecule has 2 amide bonds. The molecule has 1 unspecified atom stereocenters. The van der Waals surface area contributed by atoms with E-state index in [1.807, 2.05) is 0 Å². The number of β-lactam (4-membered cyclic amide) rings is 1. The molecule has 64 heavy (non-hydrogen) atoms.